The SMILES string of the molecule is CCCCC(C#N)(C(=O)O)C(CC)CCC. The Kier molecular flexibility index (Phi) is 6.80. The van der Waals surface area contributed by atoms with Gasteiger partial charge < -0.3 is 5.11 Å². The maximum Gasteiger partial charge on any atom is 0.324 e. The maximum atomic E-state index is 11.4. The zero-order valence-electron chi connectivity index (χ0n) is 10.6. The monoisotopic (exact) mass is 225 g/mol. The quantitative estimate of drug-likeness (QED) is 0.686. The molecule has 0 aliphatic heterocycles. The minimum absolute atomic E-state index is 0.0217. The lowest BCUT2D eigenvalue weighted by Gasteiger charge is -2.30. The predicted molar refractivity (Wildman–Crippen MR) is 63.9 cm³/mol. The first kappa shape index (κ1) is 15.0. The van der Waals surface area contributed by atoms with Gasteiger partial charge in [0.1, 0.15) is 0 Å². The lowest BCUT2D eigenvalue weighted by Crippen LogP contribution is -2.37. The number of carboxylic acids is 1. The average Bonchev–Trinajstić information content (AvgIpc) is 2.28. The fourth-order valence-corrected chi connectivity index (χ4v) is 2.28. The molecule has 3 nitrogen and oxygen atoms in total. The second kappa shape index (κ2) is 7.27. The van der Waals surface area contributed by atoms with Crippen molar-refractivity contribution in [1.82, 2.24) is 0 Å². The lowest BCUT2D eigenvalue weighted by atomic mass is 9.70. The van der Waals surface area contributed by atoms with E-state index in [2.05, 4.69) is 6.07 Å². The Hall–Kier alpha value is -1.04. The molecule has 0 saturated heterocycles. The van der Waals surface area contributed by atoms with E-state index in [1.54, 1.807) is 0 Å². The van der Waals surface area contributed by atoms with Crippen LogP contribution in [0.5, 0.6) is 0 Å². The molecule has 2 unspecified atom stereocenters. The summed E-state index contributed by atoms with van der Waals surface area (Å²) in [4.78, 5) is 11.4. The summed E-state index contributed by atoms with van der Waals surface area (Å²) in [5.41, 5.74) is -1.17. The molecular formula is C13H23NO2. The predicted octanol–water partition coefficient (Wildman–Crippen LogP) is 3.60. The Morgan fingerprint density at radius 1 is 1.38 bits per heavy atom. The number of nitrogens with zero attached hydrogens (tertiary/aromatic N) is 1. The number of unbranched alkanes of at least 4 members (excludes halogenated alkanes) is 1. The van der Waals surface area contributed by atoms with Crippen LogP contribution in [0, 0.1) is 22.7 Å². The molecule has 0 spiro atoms. The number of carboxylic acid groups (broad SMARTS) is 1. The number of nitriles is 1. The minimum Gasteiger partial charge on any atom is -0.480 e. The largest absolute Gasteiger partial charge is 0.480 e. The molecule has 0 bridgehead atoms. The van der Waals surface area contributed by atoms with Gasteiger partial charge in [-0.05, 0) is 18.8 Å². The zero-order valence-corrected chi connectivity index (χ0v) is 10.6. The highest BCUT2D eigenvalue weighted by Crippen LogP contribution is 2.38. The van der Waals surface area contributed by atoms with Crippen LogP contribution in [0.4, 0.5) is 0 Å². The summed E-state index contributed by atoms with van der Waals surface area (Å²) in [7, 11) is 0. The smallest absolute Gasteiger partial charge is 0.324 e. The molecule has 0 saturated carbocycles. The van der Waals surface area contributed by atoms with Gasteiger partial charge in [0.15, 0.2) is 5.41 Å². The second-order valence-corrected chi connectivity index (χ2v) is 4.39. The highest BCUT2D eigenvalue weighted by atomic mass is 16.4. The van der Waals surface area contributed by atoms with Gasteiger partial charge in [-0.3, -0.25) is 4.79 Å². The highest BCUT2D eigenvalue weighted by molar-refractivity contribution is 5.78. The third kappa shape index (κ3) is 3.23. The molecule has 0 aromatic heterocycles. The normalized spacial score (nSPS) is 16.1. The summed E-state index contributed by atoms with van der Waals surface area (Å²) in [5, 5.41) is 18.6. The Morgan fingerprint density at radius 3 is 2.31 bits per heavy atom. The van der Waals surface area contributed by atoms with Crippen LogP contribution in [0.1, 0.15) is 59.3 Å². The first-order valence-corrected chi connectivity index (χ1v) is 6.23. The van der Waals surface area contributed by atoms with E-state index in [0.29, 0.717) is 6.42 Å². The summed E-state index contributed by atoms with van der Waals surface area (Å²) < 4.78 is 0. The molecule has 3 heteroatoms. The van der Waals surface area contributed by atoms with E-state index < -0.39 is 11.4 Å². The van der Waals surface area contributed by atoms with Gasteiger partial charge in [0.05, 0.1) is 6.07 Å². The van der Waals surface area contributed by atoms with E-state index >= 15 is 0 Å². The standard InChI is InChI=1S/C13H23NO2/c1-4-7-9-13(10-14,12(15)16)11(6-3)8-5-2/h11H,4-9H2,1-3H3,(H,15,16). The van der Waals surface area contributed by atoms with Crippen LogP contribution in [0.3, 0.4) is 0 Å². The summed E-state index contributed by atoms with van der Waals surface area (Å²) in [5.74, 6) is -0.963. The van der Waals surface area contributed by atoms with E-state index in [9.17, 15) is 15.2 Å². The molecule has 0 aromatic carbocycles. The van der Waals surface area contributed by atoms with Crippen molar-refractivity contribution >= 4 is 5.97 Å². The minimum atomic E-state index is -1.17. The number of hydrogen-bond acceptors (Lipinski definition) is 2. The van der Waals surface area contributed by atoms with Crippen molar-refractivity contribution in [3.05, 3.63) is 0 Å². The lowest BCUT2D eigenvalue weighted by molar-refractivity contribution is -0.149. The van der Waals surface area contributed by atoms with Crippen molar-refractivity contribution in [2.24, 2.45) is 11.3 Å². The molecule has 0 aliphatic carbocycles. The second-order valence-electron chi connectivity index (χ2n) is 4.39. The van der Waals surface area contributed by atoms with Crippen LogP contribution >= 0.6 is 0 Å². The van der Waals surface area contributed by atoms with Gasteiger partial charge in [-0.15, -0.1) is 0 Å². The number of carbonyl (C=O) groups is 1. The van der Waals surface area contributed by atoms with Gasteiger partial charge in [-0.1, -0.05) is 46.5 Å². The topological polar surface area (TPSA) is 61.1 Å². The maximum absolute atomic E-state index is 11.4. The molecule has 2 atom stereocenters. The molecule has 1 N–H and O–H groups in total. The fraction of sp³-hybridized carbons (Fsp3) is 0.846. The third-order valence-electron chi connectivity index (χ3n) is 3.33. The Bertz CT molecular complexity index is 257. The summed E-state index contributed by atoms with van der Waals surface area (Å²) in [6.45, 7) is 6.03. The third-order valence-corrected chi connectivity index (χ3v) is 3.33. The zero-order chi connectivity index (χ0) is 12.6. The van der Waals surface area contributed by atoms with E-state index in [1.807, 2.05) is 20.8 Å². The number of hydrogen-bond donors (Lipinski definition) is 1. The molecular weight excluding hydrogens is 202 g/mol. The molecule has 0 amide bonds. The van der Waals surface area contributed by atoms with E-state index in [4.69, 9.17) is 0 Å². The molecule has 0 radical (unpaired) electrons. The van der Waals surface area contributed by atoms with Gasteiger partial charge >= 0.3 is 5.97 Å². The van der Waals surface area contributed by atoms with Gasteiger partial charge in [-0.2, -0.15) is 5.26 Å². The fourth-order valence-electron chi connectivity index (χ4n) is 2.28. The van der Waals surface area contributed by atoms with Crippen LogP contribution in [-0.4, -0.2) is 11.1 Å². The molecule has 16 heavy (non-hydrogen) atoms. The van der Waals surface area contributed by atoms with Crippen LogP contribution in [0.15, 0.2) is 0 Å². The van der Waals surface area contributed by atoms with Gasteiger partial charge in [0.25, 0.3) is 0 Å². The summed E-state index contributed by atoms with van der Waals surface area (Å²) in [6.07, 6.45) is 4.73. The van der Waals surface area contributed by atoms with Crippen molar-refractivity contribution in [3.63, 3.8) is 0 Å². The Morgan fingerprint density at radius 2 is 2.00 bits per heavy atom. The van der Waals surface area contributed by atoms with Crippen LogP contribution in [0.25, 0.3) is 0 Å². The molecule has 0 aliphatic rings. The average molecular weight is 225 g/mol. The Balaban J connectivity index is 5.00. The van der Waals surface area contributed by atoms with Gasteiger partial charge in [-0.25, -0.2) is 0 Å². The number of aliphatic carboxylic acids is 1. The molecule has 0 rings (SSSR count). The van der Waals surface area contributed by atoms with Crippen molar-refractivity contribution in [3.8, 4) is 6.07 Å². The van der Waals surface area contributed by atoms with Crippen molar-refractivity contribution < 1.29 is 9.90 Å². The van der Waals surface area contributed by atoms with Crippen LogP contribution in [0.2, 0.25) is 0 Å². The number of rotatable bonds is 8. The van der Waals surface area contributed by atoms with Crippen molar-refractivity contribution in [1.29, 1.82) is 5.26 Å². The van der Waals surface area contributed by atoms with Crippen molar-refractivity contribution in [2.75, 3.05) is 0 Å². The van der Waals surface area contributed by atoms with E-state index in [-0.39, 0.29) is 5.92 Å². The first-order chi connectivity index (χ1) is 7.58. The molecule has 92 valence electrons. The molecule has 0 aromatic rings. The van der Waals surface area contributed by atoms with Crippen LogP contribution < -0.4 is 0 Å². The summed E-state index contributed by atoms with van der Waals surface area (Å²) >= 11 is 0. The highest BCUT2D eigenvalue weighted by Gasteiger charge is 2.44. The van der Waals surface area contributed by atoms with Gasteiger partial charge in [0, 0.05) is 0 Å². The molecule has 0 heterocycles. The van der Waals surface area contributed by atoms with Crippen LogP contribution in [-0.2, 0) is 4.79 Å². The molecule has 0 fully saturated rings. The first-order valence-electron chi connectivity index (χ1n) is 6.23. The van der Waals surface area contributed by atoms with E-state index in [0.717, 1.165) is 32.1 Å². The summed E-state index contributed by atoms with van der Waals surface area (Å²) in [6, 6.07) is 2.09. The van der Waals surface area contributed by atoms with Crippen molar-refractivity contribution in [2.45, 2.75) is 59.3 Å². The van der Waals surface area contributed by atoms with E-state index in [1.165, 1.54) is 0 Å². The Labute approximate surface area is 98.5 Å². The van der Waals surface area contributed by atoms with Gasteiger partial charge in [0.2, 0.25) is 0 Å².